The van der Waals surface area contributed by atoms with Crippen molar-refractivity contribution in [1.82, 2.24) is 0 Å². The molecule has 1 heterocycles. The molecule has 4 heteroatoms. The van der Waals surface area contributed by atoms with E-state index in [-0.39, 0.29) is 5.92 Å². The van der Waals surface area contributed by atoms with Crippen molar-refractivity contribution in [3.8, 4) is 0 Å². The normalized spacial score (nSPS) is 24.2. The second-order valence-corrected chi connectivity index (χ2v) is 6.63. The topological polar surface area (TPSA) is 60.2 Å². The third kappa shape index (κ3) is 2.62. The molecule has 1 saturated heterocycles. The van der Waals surface area contributed by atoms with Gasteiger partial charge in [-0.05, 0) is 29.9 Å². The van der Waals surface area contributed by atoms with Crippen molar-refractivity contribution < 1.29 is 8.42 Å². The SMILES string of the molecule is NCc1ccc(C2CCCS(=O)(=O)C2)cc1. The van der Waals surface area contributed by atoms with Gasteiger partial charge in [-0.2, -0.15) is 0 Å². The van der Waals surface area contributed by atoms with Crippen molar-refractivity contribution >= 4 is 9.84 Å². The molecule has 16 heavy (non-hydrogen) atoms. The van der Waals surface area contributed by atoms with Gasteiger partial charge in [0.2, 0.25) is 0 Å². The lowest BCUT2D eigenvalue weighted by molar-refractivity contribution is 0.554. The molecule has 2 N–H and O–H groups in total. The first-order valence-electron chi connectivity index (χ1n) is 5.60. The first-order chi connectivity index (χ1) is 7.61. The number of rotatable bonds is 2. The number of sulfone groups is 1. The summed E-state index contributed by atoms with van der Waals surface area (Å²) in [4.78, 5) is 0. The van der Waals surface area contributed by atoms with E-state index >= 15 is 0 Å². The first-order valence-corrected chi connectivity index (χ1v) is 7.42. The average molecular weight is 239 g/mol. The molecule has 88 valence electrons. The minimum atomic E-state index is -2.82. The van der Waals surface area contributed by atoms with Gasteiger partial charge in [-0.1, -0.05) is 24.3 Å². The highest BCUT2D eigenvalue weighted by Crippen LogP contribution is 2.28. The summed E-state index contributed by atoms with van der Waals surface area (Å²) in [6, 6.07) is 7.98. The Hall–Kier alpha value is -0.870. The van der Waals surface area contributed by atoms with E-state index < -0.39 is 9.84 Å². The maximum Gasteiger partial charge on any atom is 0.150 e. The molecule has 2 rings (SSSR count). The van der Waals surface area contributed by atoms with E-state index in [1.54, 1.807) is 0 Å². The maximum absolute atomic E-state index is 11.5. The van der Waals surface area contributed by atoms with E-state index in [0.29, 0.717) is 18.1 Å². The van der Waals surface area contributed by atoms with Gasteiger partial charge >= 0.3 is 0 Å². The molecule has 0 saturated carbocycles. The lowest BCUT2D eigenvalue weighted by Crippen LogP contribution is -2.23. The second-order valence-electron chi connectivity index (χ2n) is 4.40. The van der Waals surface area contributed by atoms with Crippen LogP contribution < -0.4 is 5.73 Å². The molecular weight excluding hydrogens is 222 g/mol. The van der Waals surface area contributed by atoms with Crippen LogP contribution in [0.5, 0.6) is 0 Å². The Morgan fingerprint density at radius 2 is 1.94 bits per heavy atom. The average Bonchev–Trinajstić information content (AvgIpc) is 2.28. The maximum atomic E-state index is 11.5. The van der Waals surface area contributed by atoms with Crippen molar-refractivity contribution in [2.24, 2.45) is 5.73 Å². The third-order valence-electron chi connectivity index (χ3n) is 3.15. The van der Waals surface area contributed by atoms with E-state index in [0.717, 1.165) is 24.0 Å². The standard InChI is InChI=1S/C12H17NO2S/c13-8-10-3-5-11(6-4-10)12-2-1-7-16(14,15)9-12/h3-6,12H,1-2,7-9,13H2. The van der Waals surface area contributed by atoms with E-state index in [4.69, 9.17) is 5.73 Å². The molecule has 0 aliphatic carbocycles. The molecule has 1 aliphatic rings. The number of hydrogen-bond donors (Lipinski definition) is 1. The van der Waals surface area contributed by atoms with Gasteiger partial charge in [0.25, 0.3) is 0 Å². The van der Waals surface area contributed by atoms with Crippen LogP contribution in [0, 0.1) is 0 Å². The molecule has 1 aromatic rings. The van der Waals surface area contributed by atoms with Crippen LogP contribution in [0.4, 0.5) is 0 Å². The van der Waals surface area contributed by atoms with Crippen molar-refractivity contribution in [2.75, 3.05) is 11.5 Å². The summed E-state index contributed by atoms with van der Waals surface area (Å²) < 4.78 is 23.1. The smallest absolute Gasteiger partial charge is 0.150 e. The van der Waals surface area contributed by atoms with E-state index in [2.05, 4.69) is 0 Å². The molecule has 0 spiro atoms. The van der Waals surface area contributed by atoms with Gasteiger partial charge in [0.05, 0.1) is 11.5 Å². The molecule has 1 unspecified atom stereocenters. The van der Waals surface area contributed by atoms with Crippen molar-refractivity contribution in [3.05, 3.63) is 35.4 Å². The Bertz CT molecular complexity index is 450. The highest BCUT2D eigenvalue weighted by atomic mass is 32.2. The summed E-state index contributed by atoms with van der Waals surface area (Å²) in [6.07, 6.45) is 1.76. The zero-order valence-corrected chi connectivity index (χ0v) is 10.0. The van der Waals surface area contributed by atoms with Gasteiger partial charge in [-0.3, -0.25) is 0 Å². The van der Waals surface area contributed by atoms with Gasteiger partial charge in [-0.15, -0.1) is 0 Å². The molecule has 0 aromatic heterocycles. The summed E-state index contributed by atoms with van der Waals surface area (Å²) in [7, 11) is -2.82. The molecule has 0 bridgehead atoms. The Labute approximate surface area is 96.6 Å². The predicted molar refractivity (Wildman–Crippen MR) is 65.0 cm³/mol. The Kier molecular flexibility index (Phi) is 3.30. The Morgan fingerprint density at radius 1 is 1.25 bits per heavy atom. The monoisotopic (exact) mass is 239 g/mol. The van der Waals surface area contributed by atoms with E-state index in [1.165, 1.54) is 0 Å². The largest absolute Gasteiger partial charge is 0.326 e. The predicted octanol–water partition coefficient (Wildman–Crippen LogP) is 1.44. The number of benzene rings is 1. The van der Waals surface area contributed by atoms with Crippen LogP contribution in [0.1, 0.15) is 29.9 Å². The summed E-state index contributed by atoms with van der Waals surface area (Å²) in [5.41, 5.74) is 7.74. The lowest BCUT2D eigenvalue weighted by atomic mass is 9.95. The molecule has 1 atom stereocenters. The zero-order chi connectivity index (χ0) is 11.6. The van der Waals surface area contributed by atoms with Gasteiger partial charge in [0, 0.05) is 6.54 Å². The lowest BCUT2D eigenvalue weighted by Gasteiger charge is -2.22. The van der Waals surface area contributed by atoms with Crippen LogP contribution >= 0.6 is 0 Å². The molecule has 0 radical (unpaired) electrons. The fraction of sp³-hybridized carbons (Fsp3) is 0.500. The Morgan fingerprint density at radius 3 is 2.50 bits per heavy atom. The summed E-state index contributed by atoms with van der Waals surface area (Å²) in [6.45, 7) is 0.531. The summed E-state index contributed by atoms with van der Waals surface area (Å²) in [5.74, 6) is 0.824. The second kappa shape index (κ2) is 4.55. The Balaban J connectivity index is 2.17. The first kappa shape index (κ1) is 11.6. The molecule has 0 amide bonds. The summed E-state index contributed by atoms with van der Waals surface area (Å²) in [5, 5.41) is 0. The molecule has 1 aromatic carbocycles. The van der Waals surface area contributed by atoms with Gasteiger partial charge < -0.3 is 5.73 Å². The molecular formula is C12H17NO2S. The fourth-order valence-electron chi connectivity index (χ4n) is 2.21. The van der Waals surface area contributed by atoms with Crippen molar-refractivity contribution in [1.29, 1.82) is 0 Å². The highest BCUT2D eigenvalue weighted by Gasteiger charge is 2.25. The number of nitrogens with two attached hydrogens (primary N) is 1. The van der Waals surface area contributed by atoms with Crippen LogP contribution in [-0.4, -0.2) is 19.9 Å². The highest BCUT2D eigenvalue weighted by molar-refractivity contribution is 7.91. The van der Waals surface area contributed by atoms with Gasteiger partial charge in [0.15, 0.2) is 9.84 Å². The van der Waals surface area contributed by atoms with Crippen LogP contribution in [0.2, 0.25) is 0 Å². The minimum absolute atomic E-state index is 0.172. The molecule has 1 aliphatic heterocycles. The molecule has 1 fully saturated rings. The minimum Gasteiger partial charge on any atom is -0.326 e. The fourth-order valence-corrected chi connectivity index (χ4v) is 3.96. The van der Waals surface area contributed by atoms with Crippen molar-refractivity contribution in [3.63, 3.8) is 0 Å². The van der Waals surface area contributed by atoms with Gasteiger partial charge in [-0.25, -0.2) is 8.42 Å². The van der Waals surface area contributed by atoms with Crippen LogP contribution in [0.25, 0.3) is 0 Å². The van der Waals surface area contributed by atoms with Crippen LogP contribution in [0.15, 0.2) is 24.3 Å². The summed E-state index contributed by atoms with van der Waals surface area (Å²) >= 11 is 0. The number of hydrogen-bond acceptors (Lipinski definition) is 3. The third-order valence-corrected chi connectivity index (χ3v) is 4.97. The van der Waals surface area contributed by atoms with Crippen LogP contribution in [0.3, 0.4) is 0 Å². The van der Waals surface area contributed by atoms with Gasteiger partial charge in [0.1, 0.15) is 0 Å². The quantitative estimate of drug-likeness (QED) is 0.849. The van der Waals surface area contributed by atoms with Crippen LogP contribution in [-0.2, 0) is 16.4 Å². The zero-order valence-electron chi connectivity index (χ0n) is 9.22. The van der Waals surface area contributed by atoms with E-state index in [9.17, 15) is 8.42 Å². The molecule has 3 nitrogen and oxygen atoms in total. The van der Waals surface area contributed by atoms with E-state index in [1.807, 2.05) is 24.3 Å². The van der Waals surface area contributed by atoms with Crippen molar-refractivity contribution in [2.45, 2.75) is 25.3 Å².